The van der Waals surface area contributed by atoms with Gasteiger partial charge in [-0.25, -0.2) is 9.97 Å². The molecule has 2 heterocycles. The van der Waals surface area contributed by atoms with E-state index >= 15 is 0 Å². The van der Waals surface area contributed by atoms with Gasteiger partial charge in [0.1, 0.15) is 16.8 Å². The summed E-state index contributed by atoms with van der Waals surface area (Å²) >= 11 is 6.19. The summed E-state index contributed by atoms with van der Waals surface area (Å²) in [5, 5.41) is 0.542. The lowest BCUT2D eigenvalue weighted by atomic mass is 9.95. The molecule has 1 aromatic rings. The van der Waals surface area contributed by atoms with Crippen LogP contribution in [0.25, 0.3) is 0 Å². The summed E-state index contributed by atoms with van der Waals surface area (Å²) in [5.74, 6) is 2.58. The topological polar surface area (TPSA) is 32.3 Å². The van der Waals surface area contributed by atoms with Crippen molar-refractivity contribution in [2.45, 2.75) is 39.0 Å². The molecule has 1 saturated heterocycles. The largest absolute Gasteiger partial charge is 0.356 e. The standard InChI is InChI=1S/C16H27ClN4/c1-16(2,3)15-18-13(17)10-14(19-15)21-8-6-12(7-9-21)11-20(4)5/h10,12H,6-9,11H2,1-5H3. The van der Waals surface area contributed by atoms with Gasteiger partial charge in [0.2, 0.25) is 0 Å². The zero-order valence-corrected chi connectivity index (χ0v) is 14.6. The third-order valence-corrected chi connectivity index (χ3v) is 4.11. The van der Waals surface area contributed by atoms with E-state index in [-0.39, 0.29) is 5.41 Å². The maximum Gasteiger partial charge on any atom is 0.137 e. The molecule has 0 aromatic carbocycles. The monoisotopic (exact) mass is 310 g/mol. The van der Waals surface area contributed by atoms with Crippen molar-refractivity contribution in [1.82, 2.24) is 14.9 Å². The fourth-order valence-electron chi connectivity index (χ4n) is 2.76. The van der Waals surface area contributed by atoms with Crippen LogP contribution >= 0.6 is 11.6 Å². The maximum absolute atomic E-state index is 6.19. The van der Waals surface area contributed by atoms with E-state index in [0.29, 0.717) is 5.15 Å². The minimum atomic E-state index is -0.0805. The number of halogens is 1. The van der Waals surface area contributed by atoms with Gasteiger partial charge in [-0.15, -0.1) is 0 Å². The van der Waals surface area contributed by atoms with E-state index in [4.69, 9.17) is 16.6 Å². The second kappa shape index (κ2) is 6.49. The molecule has 2 rings (SSSR count). The van der Waals surface area contributed by atoms with Gasteiger partial charge in [0.05, 0.1) is 0 Å². The molecule has 1 aliphatic rings. The molecule has 1 aromatic heterocycles. The van der Waals surface area contributed by atoms with E-state index in [0.717, 1.165) is 30.6 Å². The van der Waals surface area contributed by atoms with Crippen molar-refractivity contribution in [3.05, 3.63) is 17.0 Å². The van der Waals surface area contributed by atoms with Crippen molar-refractivity contribution in [2.24, 2.45) is 5.92 Å². The first kappa shape index (κ1) is 16.5. The van der Waals surface area contributed by atoms with Crippen LogP contribution in [0.1, 0.15) is 39.4 Å². The van der Waals surface area contributed by atoms with Crippen LogP contribution in [0.4, 0.5) is 5.82 Å². The average molecular weight is 311 g/mol. The van der Waals surface area contributed by atoms with Crippen LogP contribution in [0, 0.1) is 5.92 Å². The predicted octanol–water partition coefficient (Wildman–Crippen LogP) is 3.21. The van der Waals surface area contributed by atoms with Gasteiger partial charge in [0.15, 0.2) is 0 Å². The molecule has 118 valence electrons. The normalized spacial score (nSPS) is 17.6. The maximum atomic E-state index is 6.19. The van der Waals surface area contributed by atoms with Crippen molar-refractivity contribution in [2.75, 3.05) is 38.6 Å². The van der Waals surface area contributed by atoms with Gasteiger partial charge in [-0.2, -0.15) is 0 Å². The summed E-state index contributed by atoms with van der Waals surface area (Å²) in [6.07, 6.45) is 2.43. The number of hydrogen-bond donors (Lipinski definition) is 0. The molecule has 0 bridgehead atoms. The molecule has 0 N–H and O–H groups in total. The second-order valence-corrected chi connectivity index (χ2v) is 7.70. The van der Waals surface area contributed by atoms with Crippen molar-refractivity contribution >= 4 is 17.4 Å². The highest BCUT2D eigenvalue weighted by molar-refractivity contribution is 6.29. The highest BCUT2D eigenvalue weighted by Gasteiger charge is 2.24. The second-order valence-electron chi connectivity index (χ2n) is 7.32. The fourth-order valence-corrected chi connectivity index (χ4v) is 2.94. The SMILES string of the molecule is CN(C)CC1CCN(c2cc(Cl)nc(C(C)(C)C)n2)CC1. The van der Waals surface area contributed by atoms with E-state index in [2.05, 4.69) is 49.7 Å². The molecule has 0 aliphatic carbocycles. The molecule has 4 nitrogen and oxygen atoms in total. The van der Waals surface area contributed by atoms with Crippen molar-refractivity contribution in [3.8, 4) is 0 Å². The molecular formula is C16H27ClN4. The van der Waals surface area contributed by atoms with Gasteiger partial charge in [0, 0.05) is 31.1 Å². The quantitative estimate of drug-likeness (QED) is 0.803. The molecule has 0 atom stereocenters. The van der Waals surface area contributed by atoms with Gasteiger partial charge in [-0.05, 0) is 32.9 Å². The Morgan fingerprint density at radius 2 is 1.86 bits per heavy atom. The van der Waals surface area contributed by atoms with Crippen LogP contribution in [-0.4, -0.2) is 48.6 Å². The molecule has 0 unspecified atom stereocenters. The molecular weight excluding hydrogens is 284 g/mol. The lowest BCUT2D eigenvalue weighted by molar-refractivity contribution is 0.284. The molecule has 0 radical (unpaired) electrons. The number of rotatable bonds is 3. The number of aromatic nitrogens is 2. The van der Waals surface area contributed by atoms with Gasteiger partial charge >= 0.3 is 0 Å². The third-order valence-electron chi connectivity index (χ3n) is 3.91. The Morgan fingerprint density at radius 1 is 1.24 bits per heavy atom. The van der Waals surface area contributed by atoms with Crippen molar-refractivity contribution in [1.29, 1.82) is 0 Å². The molecule has 0 saturated carbocycles. The first-order valence-electron chi connectivity index (χ1n) is 7.70. The zero-order valence-electron chi connectivity index (χ0n) is 13.9. The minimum absolute atomic E-state index is 0.0805. The first-order chi connectivity index (χ1) is 9.75. The molecule has 0 spiro atoms. The fraction of sp³-hybridized carbons (Fsp3) is 0.750. The van der Waals surface area contributed by atoms with Gasteiger partial charge < -0.3 is 9.80 Å². The van der Waals surface area contributed by atoms with E-state index < -0.39 is 0 Å². The lowest BCUT2D eigenvalue weighted by Gasteiger charge is -2.34. The average Bonchev–Trinajstić information content (AvgIpc) is 2.37. The number of hydrogen-bond acceptors (Lipinski definition) is 4. The summed E-state index contributed by atoms with van der Waals surface area (Å²) in [4.78, 5) is 13.7. The van der Waals surface area contributed by atoms with Gasteiger partial charge in [-0.1, -0.05) is 32.4 Å². The Labute approximate surface area is 133 Å². The number of nitrogens with zero attached hydrogens (tertiary/aromatic N) is 4. The summed E-state index contributed by atoms with van der Waals surface area (Å²) in [7, 11) is 4.29. The zero-order chi connectivity index (χ0) is 15.6. The van der Waals surface area contributed by atoms with Crippen LogP contribution in [-0.2, 0) is 5.41 Å². The smallest absolute Gasteiger partial charge is 0.137 e. The minimum Gasteiger partial charge on any atom is -0.356 e. The predicted molar refractivity (Wildman–Crippen MR) is 89.2 cm³/mol. The van der Waals surface area contributed by atoms with Crippen LogP contribution in [0.2, 0.25) is 5.15 Å². The van der Waals surface area contributed by atoms with E-state index in [1.165, 1.54) is 19.4 Å². The number of piperidine rings is 1. The van der Waals surface area contributed by atoms with E-state index in [9.17, 15) is 0 Å². The highest BCUT2D eigenvalue weighted by atomic mass is 35.5. The number of anilines is 1. The Hall–Kier alpha value is -0.870. The molecule has 1 aliphatic heterocycles. The molecule has 21 heavy (non-hydrogen) atoms. The third kappa shape index (κ3) is 4.55. The Bertz CT molecular complexity index is 474. The molecule has 1 fully saturated rings. The molecule has 5 heteroatoms. The first-order valence-corrected chi connectivity index (χ1v) is 8.08. The van der Waals surface area contributed by atoms with Crippen LogP contribution in [0.5, 0.6) is 0 Å². The Kier molecular flexibility index (Phi) is 5.10. The van der Waals surface area contributed by atoms with Gasteiger partial charge in [-0.3, -0.25) is 0 Å². The Balaban J connectivity index is 2.08. The summed E-state index contributed by atoms with van der Waals surface area (Å²) < 4.78 is 0. The summed E-state index contributed by atoms with van der Waals surface area (Å²) in [5.41, 5.74) is -0.0805. The van der Waals surface area contributed by atoms with E-state index in [1.54, 1.807) is 0 Å². The van der Waals surface area contributed by atoms with Crippen LogP contribution in [0.15, 0.2) is 6.07 Å². The lowest BCUT2D eigenvalue weighted by Crippen LogP contribution is -2.37. The van der Waals surface area contributed by atoms with Crippen molar-refractivity contribution < 1.29 is 0 Å². The van der Waals surface area contributed by atoms with E-state index in [1.807, 2.05) is 6.07 Å². The van der Waals surface area contributed by atoms with Gasteiger partial charge in [0.25, 0.3) is 0 Å². The molecule has 0 amide bonds. The summed E-state index contributed by atoms with van der Waals surface area (Å²) in [6, 6.07) is 1.89. The van der Waals surface area contributed by atoms with Crippen LogP contribution in [0.3, 0.4) is 0 Å². The van der Waals surface area contributed by atoms with Crippen LogP contribution < -0.4 is 4.90 Å². The van der Waals surface area contributed by atoms with Crippen molar-refractivity contribution in [3.63, 3.8) is 0 Å². The highest BCUT2D eigenvalue weighted by Crippen LogP contribution is 2.27. The Morgan fingerprint density at radius 3 is 2.38 bits per heavy atom. The summed E-state index contributed by atoms with van der Waals surface area (Å²) in [6.45, 7) is 9.62.